The second-order valence-electron chi connectivity index (χ2n) is 5.55. The molecule has 0 amide bonds. The number of aromatic hydroxyl groups is 1. The van der Waals surface area contributed by atoms with E-state index < -0.39 is 0 Å². The lowest BCUT2D eigenvalue weighted by atomic mass is 10.0. The number of nitrogens with zero attached hydrogens (tertiary/aromatic N) is 1. The maximum Gasteiger partial charge on any atom is 0.115 e. The highest BCUT2D eigenvalue weighted by atomic mass is 16.3. The quantitative estimate of drug-likeness (QED) is 0.876. The fraction of sp³-hybridized carbons (Fsp3) is 0.625. The van der Waals surface area contributed by atoms with E-state index in [0.717, 1.165) is 12.1 Å². The molecule has 2 unspecified atom stereocenters. The third-order valence-electron chi connectivity index (χ3n) is 4.12. The molecule has 0 radical (unpaired) electrons. The Morgan fingerprint density at radius 1 is 1.37 bits per heavy atom. The second kappa shape index (κ2) is 6.92. The molecule has 106 valence electrons. The van der Waals surface area contributed by atoms with Gasteiger partial charge in [-0.25, -0.2) is 0 Å². The Morgan fingerprint density at radius 2 is 2.21 bits per heavy atom. The van der Waals surface area contributed by atoms with Gasteiger partial charge in [0.25, 0.3) is 0 Å². The number of nitrogens with one attached hydrogen (secondary N) is 1. The maximum absolute atomic E-state index is 9.54. The molecule has 2 rings (SSSR count). The molecule has 2 N–H and O–H groups in total. The molecule has 0 aliphatic carbocycles. The van der Waals surface area contributed by atoms with E-state index in [-0.39, 0.29) is 0 Å². The minimum atomic E-state index is 0.297. The number of rotatable bonds is 4. The van der Waals surface area contributed by atoms with Crippen LogP contribution in [0.2, 0.25) is 0 Å². The van der Waals surface area contributed by atoms with Crippen molar-refractivity contribution < 1.29 is 5.11 Å². The van der Waals surface area contributed by atoms with E-state index in [4.69, 9.17) is 0 Å². The molecule has 0 bridgehead atoms. The maximum atomic E-state index is 9.54. The van der Waals surface area contributed by atoms with Crippen molar-refractivity contribution in [3.05, 3.63) is 29.8 Å². The zero-order valence-electron chi connectivity index (χ0n) is 12.1. The molecule has 1 fully saturated rings. The minimum absolute atomic E-state index is 0.297. The van der Waals surface area contributed by atoms with Crippen molar-refractivity contribution in [3.63, 3.8) is 0 Å². The first-order valence-corrected chi connectivity index (χ1v) is 7.46. The number of hydrogen-bond acceptors (Lipinski definition) is 3. The first-order chi connectivity index (χ1) is 9.19. The first-order valence-electron chi connectivity index (χ1n) is 7.46. The number of likely N-dealkylation sites (tertiary alicyclic amines) is 1. The summed E-state index contributed by atoms with van der Waals surface area (Å²) < 4.78 is 0. The number of phenols is 1. The van der Waals surface area contributed by atoms with Gasteiger partial charge in [-0.1, -0.05) is 19.1 Å². The van der Waals surface area contributed by atoms with Crippen LogP contribution in [0.4, 0.5) is 0 Å². The predicted octanol–water partition coefficient (Wildman–Crippen LogP) is 2.92. The lowest BCUT2D eigenvalue weighted by Gasteiger charge is -2.23. The van der Waals surface area contributed by atoms with Gasteiger partial charge < -0.3 is 15.3 Å². The predicted molar refractivity (Wildman–Crippen MR) is 79.4 cm³/mol. The van der Waals surface area contributed by atoms with E-state index in [1.54, 1.807) is 6.07 Å². The molecule has 1 aliphatic rings. The molecule has 1 aromatic carbocycles. The fourth-order valence-electron chi connectivity index (χ4n) is 2.88. The van der Waals surface area contributed by atoms with Crippen molar-refractivity contribution in [1.82, 2.24) is 10.2 Å². The average Bonchev–Trinajstić information content (AvgIpc) is 2.64. The second-order valence-corrected chi connectivity index (χ2v) is 5.55. The smallest absolute Gasteiger partial charge is 0.115 e. The van der Waals surface area contributed by atoms with Crippen molar-refractivity contribution in [1.29, 1.82) is 0 Å². The van der Waals surface area contributed by atoms with Crippen molar-refractivity contribution in [2.45, 2.75) is 45.2 Å². The highest BCUT2D eigenvalue weighted by Gasteiger charge is 2.18. The van der Waals surface area contributed by atoms with Gasteiger partial charge in [0.15, 0.2) is 0 Å². The van der Waals surface area contributed by atoms with Crippen LogP contribution in [0.25, 0.3) is 0 Å². The molecular formula is C16H26N2O. The van der Waals surface area contributed by atoms with Gasteiger partial charge in [0, 0.05) is 12.1 Å². The van der Waals surface area contributed by atoms with Crippen LogP contribution >= 0.6 is 0 Å². The Balaban J connectivity index is 1.90. The number of phenolic OH excluding ortho intramolecular Hbond substituents is 1. The Morgan fingerprint density at radius 3 is 2.95 bits per heavy atom. The van der Waals surface area contributed by atoms with Gasteiger partial charge in [0.1, 0.15) is 5.75 Å². The molecule has 1 aliphatic heterocycles. The van der Waals surface area contributed by atoms with Crippen LogP contribution in [0.1, 0.15) is 44.7 Å². The summed E-state index contributed by atoms with van der Waals surface area (Å²) in [6.45, 7) is 8.01. The third kappa shape index (κ3) is 4.22. The molecule has 1 heterocycles. The standard InChI is InChI=1S/C16H26N2O/c1-3-18-10-5-7-15(9-11-18)17-13(2)14-6-4-8-16(19)12-14/h4,6,8,12-13,15,17,19H,3,5,7,9-11H2,1-2H3. The van der Waals surface area contributed by atoms with E-state index >= 15 is 0 Å². The van der Waals surface area contributed by atoms with Gasteiger partial charge >= 0.3 is 0 Å². The van der Waals surface area contributed by atoms with Crippen molar-refractivity contribution in [2.75, 3.05) is 19.6 Å². The first kappa shape index (κ1) is 14.4. The van der Waals surface area contributed by atoms with Crippen LogP contribution in [0.3, 0.4) is 0 Å². The fourth-order valence-corrected chi connectivity index (χ4v) is 2.88. The molecule has 0 spiro atoms. The monoisotopic (exact) mass is 262 g/mol. The van der Waals surface area contributed by atoms with Gasteiger partial charge in [-0.05, 0) is 63.5 Å². The summed E-state index contributed by atoms with van der Waals surface area (Å²) in [5.74, 6) is 0.351. The van der Waals surface area contributed by atoms with Crippen LogP contribution in [0.15, 0.2) is 24.3 Å². The normalized spacial score (nSPS) is 22.9. The van der Waals surface area contributed by atoms with E-state index in [1.165, 1.54) is 32.4 Å². The summed E-state index contributed by atoms with van der Waals surface area (Å²) >= 11 is 0. The van der Waals surface area contributed by atoms with Crippen molar-refractivity contribution >= 4 is 0 Å². The summed E-state index contributed by atoms with van der Waals surface area (Å²) in [6.07, 6.45) is 3.74. The Hall–Kier alpha value is -1.06. The van der Waals surface area contributed by atoms with Crippen LogP contribution < -0.4 is 5.32 Å². The van der Waals surface area contributed by atoms with E-state index in [9.17, 15) is 5.11 Å². The number of benzene rings is 1. The molecule has 1 aromatic rings. The molecular weight excluding hydrogens is 236 g/mol. The highest BCUT2D eigenvalue weighted by molar-refractivity contribution is 5.29. The van der Waals surface area contributed by atoms with Gasteiger partial charge in [0.2, 0.25) is 0 Å². The average molecular weight is 262 g/mol. The highest BCUT2D eigenvalue weighted by Crippen LogP contribution is 2.20. The third-order valence-corrected chi connectivity index (χ3v) is 4.12. The Kier molecular flexibility index (Phi) is 5.23. The molecule has 0 aromatic heterocycles. The summed E-state index contributed by atoms with van der Waals surface area (Å²) in [4.78, 5) is 2.53. The zero-order chi connectivity index (χ0) is 13.7. The van der Waals surface area contributed by atoms with Gasteiger partial charge in [-0.2, -0.15) is 0 Å². The molecule has 2 atom stereocenters. The SMILES string of the molecule is CCN1CCCC(NC(C)c2cccc(O)c2)CC1. The van der Waals surface area contributed by atoms with Crippen molar-refractivity contribution in [2.24, 2.45) is 0 Å². The van der Waals surface area contributed by atoms with Gasteiger partial charge in [-0.15, -0.1) is 0 Å². The summed E-state index contributed by atoms with van der Waals surface area (Å²) in [7, 11) is 0. The minimum Gasteiger partial charge on any atom is -0.508 e. The molecule has 19 heavy (non-hydrogen) atoms. The summed E-state index contributed by atoms with van der Waals surface area (Å²) in [6, 6.07) is 8.45. The van der Waals surface area contributed by atoms with E-state index in [2.05, 4.69) is 30.1 Å². The van der Waals surface area contributed by atoms with Crippen LogP contribution in [-0.4, -0.2) is 35.7 Å². The molecule has 3 nitrogen and oxygen atoms in total. The summed E-state index contributed by atoms with van der Waals surface area (Å²) in [5, 5.41) is 13.3. The number of hydrogen-bond donors (Lipinski definition) is 2. The molecule has 1 saturated heterocycles. The van der Waals surface area contributed by atoms with Crippen molar-refractivity contribution in [3.8, 4) is 5.75 Å². The van der Waals surface area contributed by atoms with Gasteiger partial charge in [0.05, 0.1) is 0 Å². The zero-order valence-corrected chi connectivity index (χ0v) is 12.1. The topological polar surface area (TPSA) is 35.5 Å². The molecule has 3 heteroatoms. The Labute approximate surface area is 116 Å². The van der Waals surface area contributed by atoms with Gasteiger partial charge in [-0.3, -0.25) is 0 Å². The van der Waals surface area contributed by atoms with Crippen LogP contribution in [-0.2, 0) is 0 Å². The molecule has 0 saturated carbocycles. The summed E-state index contributed by atoms with van der Waals surface area (Å²) in [5.41, 5.74) is 1.16. The van der Waals surface area contributed by atoms with Crippen LogP contribution in [0.5, 0.6) is 5.75 Å². The van der Waals surface area contributed by atoms with E-state index in [1.807, 2.05) is 12.1 Å². The lowest BCUT2D eigenvalue weighted by Crippen LogP contribution is -2.32. The lowest BCUT2D eigenvalue weighted by molar-refractivity contribution is 0.295. The largest absolute Gasteiger partial charge is 0.508 e. The van der Waals surface area contributed by atoms with E-state index in [0.29, 0.717) is 17.8 Å². The Bertz CT molecular complexity index is 394. The van der Waals surface area contributed by atoms with Crippen LogP contribution in [0, 0.1) is 0 Å².